The summed E-state index contributed by atoms with van der Waals surface area (Å²) in [6.45, 7) is 4.80. The molecule has 4 nitrogen and oxygen atoms in total. The second kappa shape index (κ2) is 6.18. The average molecular weight is 308 g/mol. The second-order valence-corrected chi connectivity index (χ2v) is 6.45. The van der Waals surface area contributed by atoms with Gasteiger partial charge in [0.05, 0.1) is 11.3 Å². The molecule has 0 atom stereocenters. The normalized spacial score (nSPS) is 12.1. The third-order valence-electron chi connectivity index (χ3n) is 3.20. The zero-order valence-electron chi connectivity index (χ0n) is 13.0. The maximum atomic E-state index is 9.93. The van der Waals surface area contributed by atoms with Gasteiger partial charge in [-0.2, -0.15) is 5.10 Å². The maximum absolute atomic E-state index is 9.93. The van der Waals surface area contributed by atoms with Crippen LogP contribution in [0.1, 0.15) is 19.4 Å². The number of aliphatic hydroxyl groups is 1. The first kappa shape index (κ1) is 16.0. The zero-order valence-corrected chi connectivity index (χ0v) is 13.7. The number of likely N-dealkylation sites (N-methyl/N-ethyl adjacent to an activating group) is 1. The van der Waals surface area contributed by atoms with Crippen LogP contribution >= 0.6 is 11.6 Å². The standard InChI is InChI=1S/C16H22ClN3O/c1-16(2,21)11-19(3)10-13-14(18-20(4)15(13)17)12-8-6-5-7-9-12/h5-9,21H,10-11H2,1-4H3. The Bertz CT molecular complexity index is 602. The summed E-state index contributed by atoms with van der Waals surface area (Å²) >= 11 is 6.39. The van der Waals surface area contributed by atoms with E-state index in [1.165, 1.54) is 0 Å². The zero-order chi connectivity index (χ0) is 15.6. The van der Waals surface area contributed by atoms with Crippen molar-refractivity contribution in [1.29, 1.82) is 0 Å². The number of aromatic nitrogens is 2. The van der Waals surface area contributed by atoms with Crippen LogP contribution in [0.5, 0.6) is 0 Å². The van der Waals surface area contributed by atoms with Gasteiger partial charge in [0.25, 0.3) is 0 Å². The Morgan fingerprint density at radius 2 is 1.90 bits per heavy atom. The molecule has 2 rings (SSSR count). The van der Waals surface area contributed by atoms with E-state index in [1.807, 2.05) is 44.4 Å². The van der Waals surface area contributed by atoms with Crippen LogP contribution in [-0.4, -0.2) is 39.0 Å². The Labute approximate surface area is 131 Å². The van der Waals surface area contributed by atoms with Gasteiger partial charge in [0, 0.05) is 31.3 Å². The first-order valence-electron chi connectivity index (χ1n) is 6.95. The minimum Gasteiger partial charge on any atom is -0.389 e. The molecule has 2 aromatic rings. The number of hydrogen-bond acceptors (Lipinski definition) is 3. The van der Waals surface area contributed by atoms with Gasteiger partial charge in [-0.3, -0.25) is 9.58 Å². The number of halogens is 1. The van der Waals surface area contributed by atoms with E-state index in [0.29, 0.717) is 18.2 Å². The second-order valence-electron chi connectivity index (χ2n) is 6.09. The summed E-state index contributed by atoms with van der Waals surface area (Å²) in [7, 11) is 3.81. The minimum atomic E-state index is -0.740. The third-order valence-corrected chi connectivity index (χ3v) is 3.67. The van der Waals surface area contributed by atoms with Gasteiger partial charge in [-0.05, 0) is 20.9 Å². The number of rotatable bonds is 5. The molecular weight excluding hydrogens is 286 g/mol. The van der Waals surface area contributed by atoms with Crippen LogP contribution in [0.2, 0.25) is 5.15 Å². The summed E-state index contributed by atoms with van der Waals surface area (Å²) in [6.07, 6.45) is 0. The molecule has 114 valence electrons. The Morgan fingerprint density at radius 1 is 1.29 bits per heavy atom. The monoisotopic (exact) mass is 307 g/mol. The van der Waals surface area contributed by atoms with Crippen molar-refractivity contribution in [3.8, 4) is 11.3 Å². The average Bonchev–Trinajstić information content (AvgIpc) is 2.66. The Balaban J connectivity index is 2.31. The Hall–Kier alpha value is -1.36. The molecule has 0 unspecified atom stereocenters. The van der Waals surface area contributed by atoms with E-state index in [1.54, 1.807) is 18.5 Å². The molecule has 0 saturated heterocycles. The van der Waals surface area contributed by atoms with Crippen LogP contribution in [0, 0.1) is 0 Å². The molecule has 0 aliphatic heterocycles. The van der Waals surface area contributed by atoms with Crippen LogP contribution in [0.4, 0.5) is 0 Å². The Morgan fingerprint density at radius 3 is 2.48 bits per heavy atom. The molecule has 0 spiro atoms. The molecule has 0 saturated carbocycles. The van der Waals surface area contributed by atoms with Crippen LogP contribution in [0.15, 0.2) is 30.3 Å². The lowest BCUT2D eigenvalue weighted by Crippen LogP contribution is -2.35. The highest BCUT2D eigenvalue weighted by atomic mass is 35.5. The van der Waals surface area contributed by atoms with E-state index in [-0.39, 0.29) is 0 Å². The topological polar surface area (TPSA) is 41.3 Å². The molecule has 1 aromatic carbocycles. The van der Waals surface area contributed by atoms with E-state index in [0.717, 1.165) is 16.8 Å². The molecule has 0 fully saturated rings. The van der Waals surface area contributed by atoms with Crippen molar-refractivity contribution in [2.45, 2.75) is 26.0 Å². The lowest BCUT2D eigenvalue weighted by Gasteiger charge is -2.25. The minimum absolute atomic E-state index is 0.562. The van der Waals surface area contributed by atoms with Gasteiger partial charge in [-0.1, -0.05) is 41.9 Å². The summed E-state index contributed by atoms with van der Waals surface area (Å²) in [5, 5.41) is 15.1. The van der Waals surface area contributed by atoms with Gasteiger partial charge in [-0.15, -0.1) is 0 Å². The quantitative estimate of drug-likeness (QED) is 0.923. The molecule has 0 amide bonds. The van der Waals surface area contributed by atoms with E-state index in [2.05, 4.69) is 10.00 Å². The molecule has 0 aliphatic rings. The highest BCUT2D eigenvalue weighted by Gasteiger charge is 2.21. The summed E-state index contributed by atoms with van der Waals surface area (Å²) in [5.41, 5.74) is 2.19. The van der Waals surface area contributed by atoms with Gasteiger partial charge >= 0.3 is 0 Å². The van der Waals surface area contributed by atoms with Crippen molar-refractivity contribution < 1.29 is 5.11 Å². The number of aryl methyl sites for hydroxylation is 1. The van der Waals surface area contributed by atoms with Crippen LogP contribution in [0.3, 0.4) is 0 Å². The van der Waals surface area contributed by atoms with Gasteiger partial charge in [0.15, 0.2) is 0 Å². The first-order chi connectivity index (χ1) is 9.78. The summed E-state index contributed by atoms with van der Waals surface area (Å²) in [4.78, 5) is 2.05. The molecule has 21 heavy (non-hydrogen) atoms. The molecule has 0 aliphatic carbocycles. The van der Waals surface area contributed by atoms with E-state index < -0.39 is 5.60 Å². The van der Waals surface area contributed by atoms with Crippen LogP contribution in [-0.2, 0) is 13.6 Å². The van der Waals surface area contributed by atoms with Gasteiger partial charge in [-0.25, -0.2) is 0 Å². The first-order valence-corrected chi connectivity index (χ1v) is 7.33. The van der Waals surface area contributed by atoms with Crippen molar-refractivity contribution in [1.82, 2.24) is 14.7 Å². The van der Waals surface area contributed by atoms with Crippen molar-refractivity contribution in [3.63, 3.8) is 0 Å². The predicted octanol–water partition coefficient (Wildman–Crippen LogP) is 2.94. The summed E-state index contributed by atoms with van der Waals surface area (Å²) < 4.78 is 1.69. The molecule has 0 radical (unpaired) electrons. The number of nitrogens with zero attached hydrogens (tertiary/aromatic N) is 3. The summed E-state index contributed by atoms with van der Waals surface area (Å²) in [6, 6.07) is 10.0. The lowest BCUT2D eigenvalue weighted by atomic mass is 10.1. The highest BCUT2D eigenvalue weighted by Crippen LogP contribution is 2.29. The fourth-order valence-electron chi connectivity index (χ4n) is 2.50. The van der Waals surface area contributed by atoms with E-state index in [4.69, 9.17) is 11.6 Å². The highest BCUT2D eigenvalue weighted by molar-refractivity contribution is 6.30. The summed E-state index contributed by atoms with van der Waals surface area (Å²) in [5.74, 6) is 0. The van der Waals surface area contributed by atoms with E-state index >= 15 is 0 Å². The van der Waals surface area contributed by atoms with E-state index in [9.17, 15) is 5.11 Å². The van der Waals surface area contributed by atoms with Gasteiger partial charge in [0.2, 0.25) is 0 Å². The molecule has 5 heteroatoms. The fraction of sp³-hybridized carbons (Fsp3) is 0.438. The molecule has 1 aromatic heterocycles. The van der Waals surface area contributed by atoms with Crippen LogP contribution in [0.25, 0.3) is 11.3 Å². The predicted molar refractivity (Wildman–Crippen MR) is 86.3 cm³/mol. The smallest absolute Gasteiger partial charge is 0.131 e. The van der Waals surface area contributed by atoms with Gasteiger partial charge < -0.3 is 5.11 Å². The molecular formula is C16H22ClN3O. The van der Waals surface area contributed by atoms with Crippen molar-refractivity contribution in [3.05, 3.63) is 41.0 Å². The fourth-order valence-corrected chi connectivity index (χ4v) is 2.69. The molecule has 1 heterocycles. The number of benzene rings is 1. The maximum Gasteiger partial charge on any atom is 0.131 e. The largest absolute Gasteiger partial charge is 0.389 e. The molecule has 0 bridgehead atoms. The van der Waals surface area contributed by atoms with Crippen molar-refractivity contribution in [2.24, 2.45) is 7.05 Å². The lowest BCUT2D eigenvalue weighted by molar-refractivity contribution is 0.0425. The molecule has 1 N–H and O–H groups in total. The Kier molecular flexibility index (Phi) is 4.71. The number of hydrogen-bond donors (Lipinski definition) is 1. The SMILES string of the molecule is CN(Cc1c(-c2ccccc2)nn(C)c1Cl)CC(C)(C)O. The van der Waals surface area contributed by atoms with Crippen molar-refractivity contribution >= 4 is 11.6 Å². The van der Waals surface area contributed by atoms with Crippen LogP contribution < -0.4 is 0 Å². The van der Waals surface area contributed by atoms with Gasteiger partial charge in [0.1, 0.15) is 5.15 Å². The van der Waals surface area contributed by atoms with Crippen molar-refractivity contribution in [2.75, 3.05) is 13.6 Å². The third kappa shape index (κ3) is 4.06.